The van der Waals surface area contributed by atoms with E-state index in [4.69, 9.17) is 16.1 Å². The van der Waals surface area contributed by atoms with Crippen LogP contribution in [0, 0.1) is 0 Å². The lowest BCUT2D eigenvalue weighted by Crippen LogP contribution is -2.45. The quantitative estimate of drug-likeness (QED) is 0.670. The van der Waals surface area contributed by atoms with Crippen LogP contribution >= 0.6 is 11.6 Å². The molecular weight excluding hydrogens is 390 g/mol. The van der Waals surface area contributed by atoms with Gasteiger partial charge in [-0.05, 0) is 49.2 Å². The zero-order chi connectivity index (χ0) is 20.1. The second-order valence-electron chi connectivity index (χ2n) is 7.03. The van der Waals surface area contributed by atoms with Gasteiger partial charge in [-0.1, -0.05) is 16.8 Å². The van der Waals surface area contributed by atoms with Gasteiger partial charge >= 0.3 is 0 Å². The van der Waals surface area contributed by atoms with E-state index in [9.17, 15) is 4.79 Å². The average Bonchev–Trinajstić information content (AvgIpc) is 3.24. The van der Waals surface area contributed by atoms with Crippen molar-refractivity contribution in [1.29, 1.82) is 0 Å². The predicted molar refractivity (Wildman–Crippen MR) is 110 cm³/mol. The number of nitrogens with zero attached hydrogens (tertiary/aromatic N) is 4. The lowest BCUT2D eigenvalue weighted by molar-refractivity contribution is 0.0705. The van der Waals surface area contributed by atoms with E-state index in [2.05, 4.69) is 20.4 Å². The van der Waals surface area contributed by atoms with Crippen LogP contribution in [0.15, 0.2) is 53.3 Å². The molecule has 1 amide bonds. The number of rotatable bonds is 6. The molecule has 1 saturated heterocycles. The number of amides is 1. The number of piperidine rings is 1. The number of halogens is 1. The van der Waals surface area contributed by atoms with E-state index < -0.39 is 0 Å². The third-order valence-electron chi connectivity index (χ3n) is 5.03. The standard InChI is InChI=1S/C21H22ClN5O2/c22-17-5-3-15(4-6-17)20-25-19(29-26-20)7-11-24-18-8-12-27(13-9-18)21(28)16-2-1-10-23-14-16/h1-6,10,14,18,24H,7-9,11-13H2. The highest BCUT2D eigenvalue weighted by atomic mass is 35.5. The molecule has 1 aliphatic rings. The van der Waals surface area contributed by atoms with E-state index in [1.54, 1.807) is 30.6 Å². The lowest BCUT2D eigenvalue weighted by atomic mass is 10.0. The normalized spacial score (nSPS) is 14.9. The first-order valence-electron chi connectivity index (χ1n) is 9.70. The van der Waals surface area contributed by atoms with Gasteiger partial charge in [0.15, 0.2) is 0 Å². The maximum absolute atomic E-state index is 12.5. The van der Waals surface area contributed by atoms with Gasteiger partial charge < -0.3 is 14.7 Å². The smallest absolute Gasteiger partial charge is 0.255 e. The van der Waals surface area contributed by atoms with Crippen LogP contribution in [-0.4, -0.2) is 51.6 Å². The van der Waals surface area contributed by atoms with Gasteiger partial charge in [0.25, 0.3) is 5.91 Å². The molecule has 0 unspecified atom stereocenters. The lowest BCUT2D eigenvalue weighted by Gasteiger charge is -2.32. The minimum absolute atomic E-state index is 0.0529. The second-order valence-corrected chi connectivity index (χ2v) is 7.47. The molecule has 0 aliphatic carbocycles. The summed E-state index contributed by atoms with van der Waals surface area (Å²) in [4.78, 5) is 22.8. The molecule has 0 atom stereocenters. The molecule has 0 saturated carbocycles. The summed E-state index contributed by atoms with van der Waals surface area (Å²) in [5.74, 6) is 1.22. The van der Waals surface area contributed by atoms with Gasteiger partial charge in [0.2, 0.25) is 11.7 Å². The third kappa shape index (κ3) is 4.99. The van der Waals surface area contributed by atoms with Gasteiger partial charge in [-0.15, -0.1) is 0 Å². The fraction of sp³-hybridized carbons (Fsp3) is 0.333. The Hall–Kier alpha value is -2.77. The molecule has 1 fully saturated rings. The summed E-state index contributed by atoms with van der Waals surface area (Å²) in [6.07, 6.45) is 5.80. The highest BCUT2D eigenvalue weighted by molar-refractivity contribution is 6.30. The molecule has 1 N–H and O–H groups in total. The Morgan fingerprint density at radius 1 is 1.21 bits per heavy atom. The maximum atomic E-state index is 12.5. The third-order valence-corrected chi connectivity index (χ3v) is 5.29. The molecule has 0 spiro atoms. The minimum atomic E-state index is 0.0529. The molecule has 1 aromatic carbocycles. The van der Waals surface area contributed by atoms with E-state index in [1.165, 1.54) is 0 Å². The summed E-state index contributed by atoms with van der Waals surface area (Å²) in [6, 6.07) is 11.3. The Morgan fingerprint density at radius 2 is 2.00 bits per heavy atom. The highest BCUT2D eigenvalue weighted by Crippen LogP contribution is 2.19. The summed E-state index contributed by atoms with van der Waals surface area (Å²) in [5.41, 5.74) is 1.52. The fourth-order valence-corrected chi connectivity index (χ4v) is 3.54. The number of benzene rings is 1. The highest BCUT2D eigenvalue weighted by Gasteiger charge is 2.23. The average molecular weight is 412 g/mol. The summed E-state index contributed by atoms with van der Waals surface area (Å²) in [5, 5.41) is 8.24. The van der Waals surface area contributed by atoms with E-state index in [-0.39, 0.29) is 5.91 Å². The molecule has 7 nitrogen and oxygen atoms in total. The molecular formula is C21H22ClN5O2. The molecule has 0 bridgehead atoms. The Labute approximate surface area is 174 Å². The van der Waals surface area contributed by atoms with Gasteiger partial charge in [0.1, 0.15) is 0 Å². The van der Waals surface area contributed by atoms with Crippen LogP contribution in [0.25, 0.3) is 11.4 Å². The number of hydrogen-bond donors (Lipinski definition) is 1. The minimum Gasteiger partial charge on any atom is -0.339 e. The predicted octanol–water partition coefficient (Wildman–Crippen LogP) is 3.22. The topological polar surface area (TPSA) is 84.2 Å². The summed E-state index contributed by atoms with van der Waals surface area (Å²) < 4.78 is 5.34. The SMILES string of the molecule is O=C(c1cccnc1)N1CCC(NCCc2nc(-c3ccc(Cl)cc3)no2)CC1. The van der Waals surface area contributed by atoms with Crippen molar-refractivity contribution in [3.05, 3.63) is 65.3 Å². The van der Waals surface area contributed by atoms with Crippen molar-refractivity contribution >= 4 is 17.5 Å². The van der Waals surface area contributed by atoms with E-state index in [0.717, 1.165) is 38.0 Å². The molecule has 2 aromatic heterocycles. The van der Waals surface area contributed by atoms with Crippen molar-refractivity contribution in [2.75, 3.05) is 19.6 Å². The number of pyridine rings is 1. The molecule has 4 rings (SSSR count). The zero-order valence-electron chi connectivity index (χ0n) is 15.9. The second kappa shape index (κ2) is 9.15. The largest absolute Gasteiger partial charge is 0.339 e. The van der Waals surface area contributed by atoms with Crippen molar-refractivity contribution in [2.24, 2.45) is 0 Å². The number of hydrogen-bond acceptors (Lipinski definition) is 6. The molecule has 8 heteroatoms. The molecule has 1 aliphatic heterocycles. The first kappa shape index (κ1) is 19.5. The van der Waals surface area contributed by atoms with Gasteiger partial charge in [0, 0.05) is 55.1 Å². The Balaban J connectivity index is 1.21. The van der Waals surface area contributed by atoms with Crippen LogP contribution < -0.4 is 5.32 Å². The number of likely N-dealkylation sites (tertiary alicyclic amines) is 1. The fourth-order valence-electron chi connectivity index (χ4n) is 3.41. The van der Waals surface area contributed by atoms with Gasteiger partial charge in [-0.3, -0.25) is 9.78 Å². The number of carbonyl (C=O) groups is 1. The Bertz CT molecular complexity index is 937. The summed E-state index contributed by atoms with van der Waals surface area (Å²) in [6.45, 7) is 2.24. The van der Waals surface area contributed by atoms with Crippen LogP contribution in [0.3, 0.4) is 0 Å². The van der Waals surface area contributed by atoms with E-state index in [0.29, 0.717) is 34.8 Å². The van der Waals surface area contributed by atoms with Crippen LogP contribution in [0.5, 0.6) is 0 Å². The van der Waals surface area contributed by atoms with Crippen LogP contribution in [-0.2, 0) is 6.42 Å². The Kier molecular flexibility index (Phi) is 6.17. The van der Waals surface area contributed by atoms with E-state index >= 15 is 0 Å². The molecule has 0 radical (unpaired) electrons. The van der Waals surface area contributed by atoms with Crippen molar-refractivity contribution in [2.45, 2.75) is 25.3 Å². The van der Waals surface area contributed by atoms with Crippen molar-refractivity contribution in [1.82, 2.24) is 25.3 Å². The van der Waals surface area contributed by atoms with Crippen LogP contribution in [0.4, 0.5) is 0 Å². The zero-order valence-corrected chi connectivity index (χ0v) is 16.7. The van der Waals surface area contributed by atoms with Gasteiger partial charge in [0.05, 0.1) is 5.56 Å². The maximum Gasteiger partial charge on any atom is 0.255 e. The van der Waals surface area contributed by atoms with Crippen molar-refractivity contribution in [3.8, 4) is 11.4 Å². The molecule has 29 heavy (non-hydrogen) atoms. The van der Waals surface area contributed by atoms with Crippen molar-refractivity contribution < 1.29 is 9.32 Å². The first-order valence-corrected chi connectivity index (χ1v) is 10.1. The van der Waals surface area contributed by atoms with Crippen LogP contribution in [0.2, 0.25) is 5.02 Å². The monoisotopic (exact) mass is 411 g/mol. The van der Waals surface area contributed by atoms with Crippen LogP contribution in [0.1, 0.15) is 29.1 Å². The summed E-state index contributed by atoms with van der Waals surface area (Å²) >= 11 is 5.91. The van der Waals surface area contributed by atoms with Crippen molar-refractivity contribution in [3.63, 3.8) is 0 Å². The molecule has 3 aromatic rings. The number of carbonyl (C=O) groups excluding carboxylic acids is 1. The first-order chi connectivity index (χ1) is 14.2. The number of aromatic nitrogens is 3. The van der Waals surface area contributed by atoms with Gasteiger partial charge in [-0.25, -0.2) is 0 Å². The Morgan fingerprint density at radius 3 is 2.72 bits per heavy atom. The van der Waals surface area contributed by atoms with E-state index in [1.807, 2.05) is 23.1 Å². The summed E-state index contributed by atoms with van der Waals surface area (Å²) in [7, 11) is 0. The molecule has 150 valence electrons. The number of nitrogens with one attached hydrogen (secondary N) is 1. The molecule has 3 heterocycles. The van der Waals surface area contributed by atoms with Gasteiger partial charge in [-0.2, -0.15) is 4.98 Å².